The molecule has 3 aromatic rings. The lowest BCUT2D eigenvalue weighted by Gasteiger charge is -2.18. The molecule has 0 aromatic heterocycles. The van der Waals surface area contributed by atoms with E-state index >= 15 is 0 Å². The zero-order chi connectivity index (χ0) is 18.2. The minimum absolute atomic E-state index is 0.141. The molecule has 1 N–H and O–H groups in total. The second kappa shape index (κ2) is 9.11. The van der Waals surface area contributed by atoms with Gasteiger partial charge in [-0.25, -0.2) is 0 Å². The maximum Gasteiger partial charge on any atom is 0.265 e. The molecule has 26 heavy (non-hydrogen) atoms. The van der Waals surface area contributed by atoms with Crippen molar-refractivity contribution in [2.45, 2.75) is 29.2 Å². The Morgan fingerprint density at radius 2 is 1.54 bits per heavy atom. The fraction of sp³-hybridized carbons (Fsp3) is 0.136. The van der Waals surface area contributed by atoms with Gasteiger partial charge in [-0.15, -0.1) is 0 Å². The molecule has 0 aliphatic heterocycles. The lowest BCUT2D eigenvalue weighted by Crippen LogP contribution is -2.32. The first-order valence-corrected chi connectivity index (χ1v) is 9.42. The molecule has 0 radical (unpaired) electrons. The maximum atomic E-state index is 12.7. The first-order valence-electron chi connectivity index (χ1n) is 8.60. The molecule has 3 aromatic carbocycles. The summed E-state index contributed by atoms with van der Waals surface area (Å²) in [4.78, 5) is 14.8. The van der Waals surface area contributed by atoms with Gasteiger partial charge in [-0.1, -0.05) is 67.2 Å². The number of rotatable bonds is 7. The Labute approximate surface area is 158 Å². The highest BCUT2D eigenvalue weighted by Crippen LogP contribution is 2.33. The van der Waals surface area contributed by atoms with Crippen molar-refractivity contribution in [2.24, 2.45) is 0 Å². The summed E-state index contributed by atoms with van der Waals surface area (Å²) in [5, 5.41) is 3.02. The Kier molecular flexibility index (Phi) is 6.34. The molecule has 4 heteroatoms. The molecular formula is C22H21NO2S. The first-order chi connectivity index (χ1) is 12.8. The monoisotopic (exact) mass is 363 g/mol. The van der Waals surface area contributed by atoms with Crippen LogP contribution in [0.15, 0.2) is 94.7 Å². The number of carbonyl (C=O) groups excluding carboxylic acids is 1. The van der Waals surface area contributed by atoms with Gasteiger partial charge in [0.15, 0.2) is 6.10 Å². The van der Waals surface area contributed by atoms with E-state index in [4.69, 9.17) is 4.74 Å². The molecule has 0 bridgehead atoms. The highest BCUT2D eigenvalue weighted by atomic mass is 32.2. The predicted molar refractivity (Wildman–Crippen MR) is 107 cm³/mol. The second-order valence-corrected chi connectivity index (χ2v) is 6.84. The molecule has 0 unspecified atom stereocenters. The summed E-state index contributed by atoms with van der Waals surface area (Å²) in [7, 11) is 0. The molecule has 1 atom stereocenters. The predicted octanol–water partition coefficient (Wildman–Crippen LogP) is 5.63. The zero-order valence-corrected chi connectivity index (χ0v) is 15.4. The third-order valence-corrected chi connectivity index (χ3v) is 4.88. The maximum absolute atomic E-state index is 12.7. The minimum atomic E-state index is -0.535. The lowest BCUT2D eigenvalue weighted by atomic mass is 10.2. The van der Waals surface area contributed by atoms with E-state index in [1.165, 1.54) is 0 Å². The first kappa shape index (κ1) is 18.1. The van der Waals surface area contributed by atoms with E-state index in [9.17, 15) is 4.79 Å². The SMILES string of the molecule is CC[C@@H](Oc1ccccc1)C(=O)Nc1ccccc1Sc1ccccc1. The number of ether oxygens (including phenoxy) is 1. The van der Waals surface area contributed by atoms with E-state index in [1.54, 1.807) is 11.8 Å². The Morgan fingerprint density at radius 1 is 0.923 bits per heavy atom. The highest BCUT2D eigenvalue weighted by Gasteiger charge is 2.19. The fourth-order valence-electron chi connectivity index (χ4n) is 2.47. The Balaban J connectivity index is 1.72. The summed E-state index contributed by atoms with van der Waals surface area (Å²) >= 11 is 1.62. The largest absolute Gasteiger partial charge is 0.481 e. The van der Waals surface area contributed by atoms with Crippen LogP contribution in [0.4, 0.5) is 5.69 Å². The number of benzene rings is 3. The van der Waals surface area contributed by atoms with Crippen LogP contribution in [0.3, 0.4) is 0 Å². The topological polar surface area (TPSA) is 38.3 Å². The average molecular weight is 363 g/mol. The third-order valence-electron chi connectivity index (χ3n) is 3.80. The van der Waals surface area contributed by atoms with Crippen molar-refractivity contribution < 1.29 is 9.53 Å². The molecule has 1 amide bonds. The van der Waals surface area contributed by atoms with E-state index in [1.807, 2.05) is 79.7 Å². The number of para-hydroxylation sites is 2. The van der Waals surface area contributed by atoms with Crippen LogP contribution >= 0.6 is 11.8 Å². The van der Waals surface area contributed by atoms with Crippen molar-refractivity contribution in [1.82, 2.24) is 0 Å². The van der Waals surface area contributed by atoms with Crippen molar-refractivity contribution in [3.05, 3.63) is 84.9 Å². The molecule has 3 rings (SSSR count). The van der Waals surface area contributed by atoms with Crippen molar-refractivity contribution >= 4 is 23.4 Å². The van der Waals surface area contributed by atoms with E-state index in [0.717, 1.165) is 15.5 Å². The standard InChI is InChI=1S/C22H21NO2S/c1-2-20(25-17-11-5-3-6-12-17)22(24)23-19-15-9-10-16-21(19)26-18-13-7-4-8-14-18/h3-16,20H,2H2,1H3,(H,23,24)/t20-/m1/s1. The molecule has 0 aliphatic carbocycles. The Morgan fingerprint density at radius 3 is 2.23 bits per heavy atom. The van der Waals surface area contributed by atoms with Gasteiger partial charge < -0.3 is 10.1 Å². The van der Waals surface area contributed by atoms with Crippen LogP contribution in [0.25, 0.3) is 0 Å². The highest BCUT2D eigenvalue weighted by molar-refractivity contribution is 7.99. The molecule has 0 saturated heterocycles. The van der Waals surface area contributed by atoms with Gasteiger partial charge >= 0.3 is 0 Å². The second-order valence-electron chi connectivity index (χ2n) is 5.73. The van der Waals surface area contributed by atoms with E-state index in [2.05, 4.69) is 17.4 Å². The van der Waals surface area contributed by atoms with Crippen molar-refractivity contribution in [3.8, 4) is 5.75 Å². The quantitative estimate of drug-likeness (QED) is 0.591. The number of hydrogen-bond donors (Lipinski definition) is 1. The van der Waals surface area contributed by atoms with Crippen LogP contribution in [-0.2, 0) is 4.79 Å². The normalized spacial score (nSPS) is 11.6. The van der Waals surface area contributed by atoms with Crippen LogP contribution in [0.5, 0.6) is 5.75 Å². The van der Waals surface area contributed by atoms with Crippen LogP contribution < -0.4 is 10.1 Å². The van der Waals surface area contributed by atoms with E-state index in [0.29, 0.717) is 12.2 Å². The van der Waals surface area contributed by atoms with Gasteiger partial charge in [-0.2, -0.15) is 0 Å². The van der Waals surface area contributed by atoms with Crippen LogP contribution in [0, 0.1) is 0 Å². The van der Waals surface area contributed by atoms with Crippen LogP contribution in [-0.4, -0.2) is 12.0 Å². The fourth-order valence-corrected chi connectivity index (χ4v) is 3.40. The molecule has 0 heterocycles. The summed E-state index contributed by atoms with van der Waals surface area (Å²) in [6, 6.07) is 27.3. The number of nitrogens with one attached hydrogen (secondary N) is 1. The van der Waals surface area contributed by atoms with Gasteiger partial charge in [0.2, 0.25) is 0 Å². The smallest absolute Gasteiger partial charge is 0.265 e. The summed E-state index contributed by atoms with van der Waals surface area (Å²) in [6.45, 7) is 1.94. The average Bonchev–Trinajstić information content (AvgIpc) is 2.69. The van der Waals surface area contributed by atoms with Crippen molar-refractivity contribution in [3.63, 3.8) is 0 Å². The molecule has 132 valence electrons. The van der Waals surface area contributed by atoms with Gasteiger partial charge in [0.25, 0.3) is 5.91 Å². The van der Waals surface area contributed by atoms with E-state index < -0.39 is 6.10 Å². The van der Waals surface area contributed by atoms with Gasteiger partial charge in [0, 0.05) is 9.79 Å². The van der Waals surface area contributed by atoms with Gasteiger partial charge in [-0.05, 0) is 42.8 Å². The molecule has 0 fully saturated rings. The van der Waals surface area contributed by atoms with Crippen molar-refractivity contribution in [1.29, 1.82) is 0 Å². The number of anilines is 1. The molecule has 0 aliphatic rings. The van der Waals surface area contributed by atoms with Crippen LogP contribution in [0.2, 0.25) is 0 Å². The number of carbonyl (C=O) groups is 1. The minimum Gasteiger partial charge on any atom is -0.481 e. The summed E-state index contributed by atoms with van der Waals surface area (Å²) < 4.78 is 5.84. The molecule has 0 saturated carbocycles. The zero-order valence-electron chi connectivity index (χ0n) is 14.6. The van der Waals surface area contributed by atoms with E-state index in [-0.39, 0.29) is 5.91 Å². The number of hydrogen-bond acceptors (Lipinski definition) is 3. The number of amides is 1. The van der Waals surface area contributed by atoms with Gasteiger partial charge in [-0.3, -0.25) is 4.79 Å². The summed E-state index contributed by atoms with van der Waals surface area (Å²) in [5.74, 6) is 0.555. The molecule has 0 spiro atoms. The van der Waals surface area contributed by atoms with Crippen LogP contribution in [0.1, 0.15) is 13.3 Å². The summed E-state index contributed by atoms with van der Waals surface area (Å²) in [6.07, 6.45) is 0.0570. The molecular weight excluding hydrogens is 342 g/mol. The van der Waals surface area contributed by atoms with Gasteiger partial charge in [0.1, 0.15) is 5.75 Å². The molecule has 3 nitrogen and oxygen atoms in total. The Hall–Kier alpha value is -2.72. The Bertz CT molecular complexity index is 837. The van der Waals surface area contributed by atoms with Gasteiger partial charge in [0.05, 0.1) is 5.69 Å². The lowest BCUT2D eigenvalue weighted by molar-refractivity contribution is -0.122. The van der Waals surface area contributed by atoms with Crippen molar-refractivity contribution in [2.75, 3.05) is 5.32 Å². The summed E-state index contributed by atoms with van der Waals surface area (Å²) in [5.41, 5.74) is 0.793. The third kappa shape index (κ3) is 4.90.